The van der Waals surface area contributed by atoms with Crippen LogP contribution < -0.4 is 5.56 Å². The molecule has 0 bridgehead atoms. The summed E-state index contributed by atoms with van der Waals surface area (Å²) in [6.07, 6.45) is 3.32. The van der Waals surface area contributed by atoms with Gasteiger partial charge in [-0.1, -0.05) is 36.3 Å². The van der Waals surface area contributed by atoms with Crippen molar-refractivity contribution >= 4 is 11.5 Å². The van der Waals surface area contributed by atoms with Crippen molar-refractivity contribution in [2.24, 2.45) is 4.99 Å². The Morgan fingerprint density at radius 2 is 2.03 bits per heavy atom. The van der Waals surface area contributed by atoms with Crippen molar-refractivity contribution in [1.82, 2.24) is 19.7 Å². The third-order valence-corrected chi connectivity index (χ3v) is 5.48. The Morgan fingerprint density at radius 3 is 2.74 bits per heavy atom. The topological polar surface area (TPSA) is 95.4 Å². The summed E-state index contributed by atoms with van der Waals surface area (Å²) < 4.78 is 12.9. The maximum absolute atomic E-state index is 12.6. The van der Waals surface area contributed by atoms with Gasteiger partial charge >= 0.3 is 0 Å². The SMILES string of the molecule is CCc1ccc([C@H]2CC(c3noc(Cn4cnc(N=C(C)C)c(C)c4=O)n3)CO2)cc1. The highest BCUT2D eigenvalue weighted by molar-refractivity contribution is 5.81. The maximum atomic E-state index is 12.6. The van der Waals surface area contributed by atoms with Crippen LogP contribution in [0.5, 0.6) is 0 Å². The fourth-order valence-corrected chi connectivity index (χ4v) is 3.67. The van der Waals surface area contributed by atoms with E-state index in [-0.39, 0.29) is 24.1 Å². The average Bonchev–Trinajstić information content (AvgIpc) is 3.43. The second-order valence-electron chi connectivity index (χ2n) is 8.08. The summed E-state index contributed by atoms with van der Waals surface area (Å²) in [6.45, 7) is 8.31. The monoisotopic (exact) mass is 421 g/mol. The minimum Gasteiger partial charge on any atom is -0.373 e. The van der Waals surface area contributed by atoms with E-state index in [9.17, 15) is 4.79 Å². The highest BCUT2D eigenvalue weighted by atomic mass is 16.5. The van der Waals surface area contributed by atoms with E-state index in [2.05, 4.69) is 51.3 Å². The molecule has 1 unspecified atom stereocenters. The first-order valence-corrected chi connectivity index (χ1v) is 10.6. The summed E-state index contributed by atoms with van der Waals surface area (Å²) in [6, 6.07) is 8.54. The molecule has 31 heavy (non-hydrogen) atoms. The highest BCUT2D eigenvalue weighted by Crippen LogP contribution is 2.37. The first kappa shape index (κ1) is 21.1. The smallest absolute Gasteiger partial charge is 0.258 e. The van der Waals surface area contributed by atoms with Gasteiger partial charge in [-0.15, -0.1) is 0 Å². The molecule has 4 rings (SSSR count). The van der Waals surface area contributed by atoms with Gasteiger partial charge < -0.3 is 9.26 Å². The molecule has 2 aromatic heterocycles. The zero-order valence-corrected chi connectivity index (χ0v) is 18.3. The second-order valence-corrected chi connectivity index (χ2v) is 8.08. The number of aliphatic imine (C=N–C) groups is 1. The van der Waals surface area contributed by atoms with Gasteiger partial charge in [0.15, 0.2) is 11.6 Å². The molecular weight excluding hydrogens is 394 g/mol. The summed E-state index contributed by atoms with van der Waals surface area (Å²) in [5.74, 6) is 1.49. The summed E-state index contributed by atoms with van der Waals surface area (Å²) in [4.78, 5) is 25.7. The van der Waals surface area contributed by atoms with Crippen LogP contribution >= 0.6 is 0 Å². The lowest BCUT2D eigenvalue weighted by Gasteiger charge is -2.10. The minimum absolute atomic E-state index is 0.0300. The molecule has 0 saturated carbocycles. The molecule has 8 nitrogen and oxygen atoms in total. The molecule has 3 aromatic rings. The van der Waals surface area contributed by atoms with E-state index in [1.54, 1.807) is 6.92 Å². The largest absolute Gasteiger partial charge is 0.373 e. The number of rotatable bonds is 6. The quantitative estimate of drug-likeness (QED) is 0.560. The maximum Gasteiger partial charge on any atom is 0.258 e. The van der Waals surface area contributed by atoms with Crippen molar-refractivity contribution in [3.63, 3.8) is 0 Å². The minimum atomic E-state index is -0.172. The first-order valence-electron chi connectivity index (χ1n) is 10.6. The fourth-order valence-electron chi connectivity index (χ4n) is 3.67. The van der Waals surface area contributed by atoms with Crippen molar-refractivity contribution in [2.45, 2.75) is 59.1 Å². The number of hydrogen-bond acceptors (Lipinski definition) is 7. The van der Waals surface area contributed by atoms with Crippen molar-refractivity contribution in [2.75, 3.05) is 6.61 Å². The van der Waals surface area contributed by atoms with E-state index in [4.69, 9.17) is 9.26 Å². The molecule has 1 fully saturated rings. The van der Waals surface area contributed by atoms with Crippen LogP contribution in [0.4, 0.5) is 5.82 Å². The van der Waals surface area contributed by atoms with Gasteiger partial charge in [0.25, 0.3) is 5.56 Å². The Bertz CT molecular complexity index is 1140. The summed E-state index contributed by atoms with van der Waals surface area (Å²) in [5, 5.41) is 4.14. The lowest BCUT2D eigenvalue weighted by molar-refractivity contribution is 0.110. The Hall–Kier alpha value is -3.13. The van der Waals surface area contributed by atoms with Crippen LogP contribution in [0.15, 0.2) is 44.9 Å². The van der Waals surface area contributed by atoms with Crippen molar-refractivity contribution in [1.29, 1.82) is 0 Å². The zero-order chi connectivity index (χ0) is 22.0. The lowest BCUT2D eigenvalue weighted by Crippen LogP contribution is -2.23. The normalized spacial score (nSPS) is 18.3. The van der Waals surface area contributed by atoms with E-state index in [0.717, 1.165) is 18.6 Å². The first-order chi connectivity index (χ1) is 14.9. The van der Waals surface area contributed by atoms with Crippen molar-refractivity contribution < 1.29 is 9.26 Å². The number of aromatic nitrogens is 4. The summed E-state index contributed by atoms with van der Waals surface area (Å²) in [5.41, 5.74) is 3.64. The van der Waals surface area contributed by atoms with Gasteiger partial charge in [0, 0.05) is 11.6 Å². The lowest BCUT2D eigenvalue weighted by atomic mass is 9.99. The number of benzene rings is 1. The van der Waals surface area contributed by atoms with Crippen LogP contribution in [-0.2, 0) is 17.7 Å². The summed E-state index contributed by atoms with van der Waals surface area (Å²) >= 11 is 0. The van der Waals surface area contributed by atoms with Gasteiger partial charge in [-0.3, -0.25) is 9.36 Å². The molecule has 0 amide bonds. The molecular formula is C23H27N5O3. The van der Waals surface area contributed by atoms with Crippen molar-refractivity contribution in [3.8, 4) is 0 Å². The third-order valence-electron chi connectivity index (χ3n) is 5.48. The van der Waals surface area contributed by atoms with Crippen molar-refractivity contribution in [3.05, 3.63) is 69.4 Å². The van der Waals surface area contributed by atoms with Gasteiger partial charge in [0.05, 0.1) is 18.3 Å². The van der Waals surface area contributed by atoms with Crippen LogP contribution in [0, 0.1) is 6.92 Å². The molecule has 0 radical (unpaired) electrons. The molecule has 0 aliphatic carbocycles. The van der Waals surface area contributed by atoms with E-state index >= 15 is 0 Å². The van der Waals surface area contributed by atoms with Gasteiger partial charge in [0.1, 0.15) is 12.9 Å². The molecule has 3 heterocycles. The van der Waals surface area contributed by atoms with Crippen LogP contribution in [0.1, 0.15) is 67.6 Å². The van der Waals surface area contributed by atoms with E-state index in [1.165, 1.54) is 22.0 Å². The standard InChI is InChI=1S/C23H27N5O3/c1-5-16-6-8-17(9-7-16)19-10-18(12-30-19)22-26-20(31-27-22)11-28-13-24-21(25-14(2)3)15(4)23(28)29/h6-9,13,18-19H,5,10-12H2,1-4H3/t18?,19-/m1/s1. The van der Waals surface area contributed by atoms with Crippen LogP contribution in [-0.4, -0.2) is 32.0 Å². The van der Waals surface area contributed by atoms with Gasteiger partial charge in [-0.25, -0.2) is 9.98 Å². The third kappa shape index (κ3) is 4.64. The molecule has 1 aliphatic rings. The Labute approximate surface area is 181 Å². The van der Waals surface area contributed by atoms with Crippen LogP contribution in [0.3, 0.4) is 0 Å². The number of nitrogens with zero attached hydrogens (tertiary/aromatic N) is 5. The molecule has 162 valence electrons. The zero-order valence-electron chi connectivity index (χ0n) is 18.3. The fraction of sp³-hybridized carbons (Fsp3) is 0.435. The van der Waals surface area contributed by atoms with Gasteiger partial charge in [-0.05, 0) is 44.7 Å². The number of hydrogen-bond donors (Lipinski definition) is 0. The predicted molar refractivity (Wildman–Crippen MR) is 117 cm³/mol. The van der Waals surface area contributed by atoms with Gasteiger partial charge in [0.2, 0.25) is 5.89 Å². The predicted octanol–water partition coefficient (Wildman–Crippen LogP) is 3.90. The van der Waals surface area contributed by atoms with Crippen LogP contribution in [0.2, 0.25) is 0 Å². The molecule has 2 atom stereocenters. The number of aryl methyl sites for hydroxylation is 1. The average molecular weight is 422 g/mol. The molecule has 1 saturated heterocycles. The second kappa shape index (κ2) is 8.93. The molecule has 1 aromatic carbocycles. The van der Waals surface area contributed by atoms with E-state index in [0.29, 0.717) is 29.7 Å². The Morgan fingerprint density at radius 1 is 1.26 bits per heavy atom. The Kier molecular flexibility index (Phi) is 6.08. The Balaban J connectivity index is 1.45. The van der Waals surface area contributed by atoms with E-state index < -0.39 is 0 Å². The highest BCUT2D eigenvalue weighted by Gasteiger charge is 2.31. The van der Waals surface area contributed by atoms with Crippen LogP contribution in [0.25, 0.3) is 0 Å². The number of ether oxygens (including phenoxy) is 1. The van der Waals surface area contributed by atoms with Gasteiger partial charge in [-0.2, -0.15) is 4.98 Å². The molecule has 0 spiro atoms. The molecule has 8 heteroatoms. The molecule has 1 aliphatic heterocycles. The summed E-state index contributed by atoms with van der Waals surface area (Å²) in [7, 11) is 0. The van der Waals surface area contributed by atoms with E-state index in [1.807, 2.05) is 13.8 Å². The molecule has 0 N–H and O–H groups in total.